The Hall–Kier alpha value is -2.17. The van der Waals surface area contributed by atoms with Crippen LogP contribution in [-0.4, -0.2) is 24.7 Å². The van der Waals surface area contributed by atoms with Crippen molar-refractivity contribution >= 4 is 11.2 Å². The number of aromatic amines is 1. The van der Waals surface area contributed by atoms with Crippen molar-refractivity contribution in [3.05, 3.63) is 30.7 Å². The number of hydrogen-bond acceptors (Lipinski definition) is 3. The van der Waals surface area contributed by atoms with Crippen molar-refractivity contribution < 1.29 is 0 Å². The predicted molar refractivity (Wildman–Crippen MR) is 77.2 cm³/mol. The molecule has 3 aromatic rings. The van der Waals surface area contributed by atoms with Crippen LogP contribution >= 0.6 is 0 Å². The van der Waals surface area contributed by atoms with Gasteiger partial charge in [-0.05, 0) is 25.0 Å². The minimum atomic E-state index is 0.509. The summed E-state index contributed by atoms with van der Waals surface area (Å²) in [6.45, 7) is 0. The Morgan fingerprint density at radius 2 is 1.90 bits per heavy atom. The van der Waals surface area contributed by atoms with Gasteiger partial charge in [0.2, 0.25) is 0 Å². The van der Waals surface area contributed by atoms with Crippen molar-refractivity contribution in [2.75, 3.05) is 0 Å². The monoisotopic (exact) mass is 267 g/mol. The van der Waals surface area contributed by atoms with E-state index in [0.29, 0.717) is 6.04 Å². The predicted octanol–water partition coefficient (Wildman–Crippen LogP) is 3.33. The summed E-state index contributed by atoms with van der Waals surface area (Å²) in [6, 6.07) is 4.45. The SMILES string of the molecule is c1cc(-c2nc3c(cnn3C3CCCCC3)[nH]2)ccn1. The van der Waals surface area contributed by atoms with Crippen LogP contribution < -0.4 is 0 Å². The fourth-order valence-corrected chi connectivity index (χ4v) is 3.06. The van der Waals surface area contributed by atoms with E-state index in [1.807, 2.05) is 18.3 Å². The lowest BCUT2D eigenvalue weighted by Gasteiger charge is -2.21. The van der Waals surface area contributed by atoms with Gasteiger partial charge in [-0.25, -0.2) is 9.67 Å². The molecule has 1 aliphatic carbocycles. The Bertz CT molecular complexity index is 706. The molecule has 20 heavy (non-hydrogen) atoms. The highest BCUT2D eigenvalue weighted by Gasteiger charge is 2.20. The van der Waals surface area contributed by atoms with Gasteiger partial charge in [0, 0.05) is 18.0 Å². The normalized spacial score (nSPS) is 16.8. The molecular weight excluding hydrogens is 250 g/mol. The first-order chi connectivity index (χ1) is 9.92. The quantitative estimate of drug-likeness (QED) is 0.774. The van der Waals surface area contributed by atoms with E-state index in [1.165, 1.54) is 32.1 Å². The van der Waals surface area contributed by atoms with Crippen molar-refractivity contribution in [1.29, 1.82) is 0 Å². The highest BCUT2D eigenvalue weighted by molar-refractivity contribution is 5.75. The standard InChI is InChI=1S/C15H17N5/c1-2-4-12(5-3-1)20-15-13(10-17-20)18-14(19-15)11-6-8-16-9-7-11/h6-10,12H,1-5H2,(H,18,19). The summed E-state index contributed by atoms with van der Waals surface area (Å²) in [5.74, 6) is 0.893. The maximum absolute atomic E-state index is 4.74. The second-order valence-corrected chi connectivity index (χ2v) is 5.44. The first-order valence-corrected chi connectivity index (χ1v) is 7.25. The molecule has 5 nitrogen and oxygen atoms in total. The molecule has 4 rings (SSSR count). The first-order valence-electron chi connectivity index (χ1n) is 7.25. The number of nitrogens with one attached hydrogen (secondary N) is 1. The number of rotatable bonds is 2. The van der Waals surface area contributed by atoms with Gasteiger partial charge in [0.1, 0.15) is 11.3 Å². The molecule has 0 spiro atoms. The van der Waals surface area contributed by atoms with Gasteiger partial charge in [0.15, 0.2) is 5.65 Å². The van der Waals surface area contributed by atoms with Gasteiger partial charge in [-0.1, -0.05) is 19.3 Å². The van der Waals surface area contributed by atoms with Crippen LogP contribution in [0.2, 0.25) is 0 Å². The first kappa shape index (κ1) is 11.6. The van der Waals surface area contributed by atoms with E-state index in [9.17, 15) is 0 Å². The molecule has 1 saturated carbocycles. The van der Waals surface area contributed by atoms with Crippen LogP contribution in [0.3, 0.4) is 0 Å². The van der Waals surface area contributed by atoms with E-state index in [0.717, 1.165) is 22.6 Å². The number of hydrogen-bond donors (Lipinski definition) is 1. The third-order valence-electron chi connectivity index (χ3n) is 4.11. The van der Waals surface area contributed by atoms with Crippen molar-refractivity contribution in [1.82, 2.24) is 24.7 Å². The van der Waals surface area contributed by atoms with Gasteiger partial charge in [-0.15, -0.1) is 0 Å². The molecule has 0 unspecified atom stereocenters. The summed E-state index contributed by atoms with van der Waals surface area (Å²) < 4.78 is 2.11. The Balaban J connectivity index is 1.75. The van der Waals surface area contributed by atoms with Gasteiger partial charge < -0.3 is 4.98 Å². The fraction of sp³-hybridized carbons (Fsp3) is 0.400. The number of H-pyrrole nitrogens is 1. The second kappa shape index (κ2) is 4.74. The van der Waals surface area contributed by atoms with Crippen molar-refractivity contribution in [2.24, 2.45) is 0 Å². The Labute approximate surface area is 117 Å². The van der Waals surface area contributed by atoms with Crippen LogP contribution in [0.1, 0.15) is 38.1 Å². The number of pyridine rings is 1. The maximum Gasteiger partial charge on any atom is 0.177 e. The number of imidazole rings is 1. The third kappa shape index (κ3) is 1.90. The van der Waals surface area contributed by atoms with Crippen LogP contribution in [0.25, 0.3) is 22.6 Å². The molecule has 3 aromatic heterocycles. The van der Waals surface area contributed by atoms with E-state index in [4.69, 9.17) is 4.98 Å². The second-order valence-electron chi connectivity index (χ2n) is 5.44. The van der Waals surface area contributed by atoms with Crippen molar-refractivity contribution in [3.63, 3.8) is 0 Å². The molecule has 0 radical (unpaired) electrons. The fourth-order valence-electron chi connectivity index (χ4n) is 3.06. The van der Waals surface area contributed by atoms with Gasteiger partial charge >= 0.3 is 0 Å². The Kier molecular flexibility index (Phi) is 2.76. The highest BCUT2D eigenvalue weighted by Crippen LogP contribution is 2.30. The van der Waals surface area contributed by atoms with Crippen LogP contribution in [0.15, 0.2) is 30.7 Å². The smallest absolute Gasteiger partial charge is 0.177 e. The molecule has 1 N–H and O–H groups in total. The van der Waals surface area contributed by atoms with Crippen LogP contribution in [0.5, 0.6) is 0 Å². The lowest BCUT2D eigenvalue weighted by Crippen LogP contribution is -2.14. The number of nitrogens with zero attached hydrogens (tertiary/aromatic N) is 4. The molecule has 0 aliphatic heterocycles. The zero-order valence-electron chi connectivity index (χ0n) is 11.3. The maximum atomic E-state index is 4.74. The number of aromatic nitrogens is 5. The topological polar surface area (TPSA) is 59.4 Å². The summed E-state index contributed by atoms with van der Waals surface area (Å²) >= 11 is 0. The third-order valence-corrected chi connectivity index (χ3v) is 4.11. The summed E-state index contributed by atoms with van der Waals surface area (Å²) in [6.07, 6.45) is 11.8. The summed E-state index contributed by atoms with van der Waals surface area (Å²) in [7, 11) is 0. The largest absolute Gasteiger partial charge is 0.335 e. The lowest BCUT2D eigenvalue weighted by molar-refractivity contribution is 0.336. The molecule has 5 heteroatoms. The van der Waals surface area contributed by atoms with E-state index >= 15 is 0 Å². The van der Waals surface area contributed by atoms with Crippen LogP contribution in [-0.2, 0) is 0 Å². The van der Waals surface area contributed by atoms with Gasteiger partial charge in [-0.3, -0.25) is 4.98 Å². The van der Waals surface area contributed by atoms with E-state index in [-0.39, 0.29) is 0 Å². The Morgan fingerprint density at radius 1 is 1.10 bits per heavy atom. The molecule has 0 saturated heterocycles. The average Bonchev–Trinajstić information content (AvgIpc) is 3.09. The summed E-state index contributed by atoms with van der Waals surface area (Å²) in [4.78, 5) is 12.1. The lowest BCUT2D eigenvalue weighted by atomic mass is 9.96. The van der Waals surface area contributed by atoms with E-state index in [2.05, 4.69) is 19.7 Å². The Morgan fingerprint density at radius 3 is 2.70 bits per heavy atom. The van der Waals surface area contributed by atoms with E-state index in [1.54, 1.807) is 12.4 Å². The molecule has 0 amide bonds. The molecule has 0 atom stereocenters. The highest BCUT2D eigenvalue weighted by atomic mass is 15.3. The molecule has 102 valence electrons. The zero-order valence-corrected chi connectivity index (χ0v) is 11.3. The van der Waals surface area contributed by atoms with Crippen LogP contribution in [0.4, 0.5) is 0 Å². The molecule has 0 bridgehead atoms. The molecule has 1 fully saturated rings. The van der Waals surface area contributed by atoms with Crippen molar-refractivity contribution in [2.45, 2.75) is 38.1 Å². The van der Waals surface area contributed by atoms with E-state index < -0.39 is 0 Å². The molecular formula is C15H17N5. The van der Waals surface area contributed by atoms with Gasteiger partial charge in [-0.2, -0.15) is 5.10 Å². The van der Waals surface area contributed by atoms with Crippen LogP contribution in [0, 0.1) is 0 Å². The summed E-state index contributed by atoms with van der Waals surface area (Å²) in [5, 5.41) is 4.52. The van der Waals surface area contributed by atoms with Gasteiger partial charge in [0.25, 0.3) is 0 Å². The minimum Gasteiger partial charge on any atom is -0.335 e. The minimum absolute atomic E-state index is 0.509. The summed E-state index contributed by atoms with van der Waals surface area (Å²) in [5.41, 5.74) is 3.05. The molecule has 1 aliphatic rings. The number of fused-ring (bicyclic) bond motifs is 1. The average molecular weight is 267 g/mol. The zero-order chi connectivity index (χ0) is 13.4. The van der Waals surface area contributed by atoms with Gasteiger partial charge in [0.05, 0.1) is 12.2 Å². The van der Waals surface area contributed by atoms with Crippen molar-refractivity contribution in [3.8, 4) is 11.4 Å². The molecule has 0 aromatic carbocycles. The molecule has 3 heterocycles.